The van der Waals surface area contributed by atoms with Gasteiger partial charge < -0.3 is 14.5 Å². The third-order valence-corrected chi connectivity index (χ3v) is 4.89. The average Bonchev–Trinajstić information content (AvgIpc) is 3.12. The molecule has 0 saturated carbocycles. The molecule has 0 N–H and O–H groups in total. The normalized spacial score (nSPS) is 16.0. The van der Waals surface area contributed by atoms with E-state index < -0.39 is 0 Å². The molecule has 2 aromatic carbocycles. The second-order valence-corrected chi connectivity index (χ2v) is 7.12. The Morgan fingerprint density at radius 2 is 1.96 bits per heavy atom. The first-order chi connectivity index (χ1) is 13.1. The van der Waals surface area contributed by atoms with Gasteiger partial charge in [-0.05, 0) is 29.3 Å². The van der Waals surface area contributed by atoms with Crippen LogP contribution in [0.25, 0.3) is 0 Å². The molecule has 142 valence electrons. The highest BCUT2D eigenvalue weighted by Crippen LogP contribution is 2.22. The zero-order valence-electron chi connectivity index (χ0n) is 14.9. The number of rotatable bonds is 7. The summed E-state index contributed by atoms with van der Waals surface area (Å²) in [6, 6.07) is 14.9. The number of carbonyl (C=O) groups is 1. The standard InChI is InChI=1S/C20H20Cl2N2O3/c1-26-13-20(25)24(11-15-4-2-3-5-18(15)22)12-17-10-19(23-27-17)14-6-8-16(21)9-7-14/h2-9,17H,10-13H2,1H3/t17-/m0/s1. The van der Waals surface area contributed by atoms with Crippen LogP contribution in [0.5, 0.6) is 0 Å². The van der Waals surface area contributed by atoms with Crippen molar-refractivity contribution in [3.8, 4) is 0 Å². The van der Waals surface area contributed by atoms with Gasteiger partial charge in [-0.15, -0.1) is 0 Å². The van der Waals surface area contributed by atoms with Crippen LogP contribution in [-0.2, 0) is 20.9 Å². The summed E-state index contributed by atoms with van der Waals surface area (Å²) in [4.78, 5) is 19.7. The number of benzene rings is 2. The van der Waals surface area contributed by atoms with Crippen LogP contribution in [0.2, 0.25) is 10.0 Å². The third-order valence-electron chi connectivity index (χ3n) is 4.27. The topological polar surface area (TPSA) is 51.1 Å². The van der Waals surface area contributed by atoms with E-state index in [1.165, 1.54) is 7.11 Å². The second kappa shape index (κ2) is 9.22. The Balaban J connectivity index is 1.67. The molecule has 1 aliphatic rings. The molecule has 1 aliphatic heterocycles. The van der Waals surface area contributed by atoms with Crippen molar-refractivity contribution >= 4 is 34.8 Å². The molecule has 1 atom stereocenters. The van der Waals surface area contributed by atoms with Crippen molar-refractivity contribution in [2.45, 2.75) is 19.1 Å². The van der Waals surface area contributed by atoms with Gasteiger partial charge in [0.2, 0.25) is 5.91 Å². The van der Waals surface area contributed by atoms with E-state index >= 15 is 0 Å². The lowest BCUT2D eigenvalue weighted by atomic mass is 10.0. The molecule has 0 aromatic heterocycles. The van der Waals surface area contributed by atoms with Gasteiger partial charge in [-0.3, -0.25) is 4.79 Å². The zero-order chi connectivity index (χ0) is 19.2. The molecule has 1 amide bonds. The lowest BCUT2D eigenvalue weighted by molar-refractivity contribution is -0.137. The smallest absolute Gasteiger partial charge is 0.248 e. The number of hydrogen-bond donors (Lipinski definition) is 0. The fraction of sp³-hybridized carbons (Fsp3) is 0.300. The Morgan fingerprint density at radius 1 is 1.22 bits per heavy atom. The molecule has 2 aromatic rings. The highest BCUT2D eigenvalue weighted by molar-refractivity contribution is 6.31. The van der Waals surface area contributed by atoms with Crippen LogP contribution in [-0.4, -0.2) is 42.9 Å². The van der Waals surface area contributed by atoms with Crippen LogP contribution in [0, 0.1) is 0 Å². The maximum Gasteiger partial charge on any atom is 0.248 e. The van der Waals surface area contributed by atoms with Crippen molar-refractivity contribution < 1.29 is 14.4 Å². The molecule has 5 nitrogen and oxygen atoms in total. The van der Waals surface area contributed by atoms with E-state index in [9.17, 15) is 4.79 Å². The van der Waals surface area contributed by atoms with E-state index in [1.54, 1.807) is 4.90 Å². The Morgan fingerprint density at radius 3 is 2.67 bits per heavy atom. The van der Waals surface area contributed by atoms with Crippen LogP contribution in [0.3, 0.4) is 0 Å². The fourth-order valence-corrected chi connectivity index (χ4v) is 3.21. The lowest BCUT2D eigenvalue weighted by Gasteiger charge is -2.25. The largest absolute Gasteiger partial charge is 0.390 e. The summed E-state index contributed by atoms with van der Waals surface area (Å²) < 4.78 is 5.01. The first kappa shape index (κ1) is 19.7. The minimum Gasteiger partial charge on any atom is -0.390 e. The Bertz CT molecular complexity index is 824. The van der Waals surface area contributed by atoms with Gasteiger partial charge in [-0.25, -0.2) is 0 Å². The fourth-order valence-electron chi connectivity index (χ4n) is 2.89. The van der Waals surface area contributed by atoms with Gasteiger partial charge in [-0.2, -0.15) is 0 Å². The quantitative estimate of drug-likeness (QED) is 0.693. The van der Waals surface area contributed by atoms with E-state index in [0.29, 0.717) is 29.6 Å². The van der Waals surface area contributed by atoms with Crippen LogP contribution in [0.1, 0.15) is 17.5 Å². The molecular formula is C20H20Cl2N2O3. The van der Waals surface area contributed by atoms with E-state index in [0.717, 1.165) is 16.8 Å². The van der Waals surface area contributed by atoms with Crippen molar-refractivity contribution in [2.75, 3.05) is 20.3 Å². The minimum absolute atomic E-state index is 0.00205. The van der Waals surface area contributed by atoms with Crippen molar-refractivity contribution in [3.05, 3.63) is 69.7 Å². The van der Waals surface area contributed by atoms with E-state index in [2.05, 4.69) is 5.16 Å². The predicted octanol–water partition coefficient (Wildman–Crippen LogP) is 4.16. The van der Waals surface area contributed by atoms with Crippen LogP contribution >= 0.6 is 23.2 Å². The van der Waals surface area contributed by atoms with Gasteiger partial charge in [0.1, 0.15) is 6.61 Å². The van der Waals surface area contributed by atoms with E-state index in [-0.39, 0.29) is 18.6 Å². The first-order valence-corrected chi connectivity index (χ1v) is 9.31. The zero-order valence-corrected chi connectivity index (χ0v) is 16.4. The van der Waals surface area contributed by atoms with Crippen molar-refractivity contribution in [3.63, 3.8) is 0 Å². The second-order valence-electron chi connectivity index (χ2n) is 6.28. The van der Waals surface area contributed by atoms with Gasteiger partial charge in [0, 0.05) is 30.1 Å². The molecule has 0 bridgehead atoms. The Hall–Kier alpha value is -2.08. The molecule has 1 heterocycles. The summed E-state index contributed by atoms with van der Waals surface area (Å²) in [5.74, 6) is -0.124. The molecule has 0 spiro atoms. The number of hydrogen-bond acceptors (Lipinski definition) is 4. The molecule has 0 unspecified atom stereocenters. The third kappa shape index (κ3) is 5.22. The van der Waals surface area contributed by atoms with Crippen LogP contribution in [0.15, 0.2) is 53.7 Å². The number of carbonyl (C=O) groups excluding carboxylic acids is 1. The van der Waals surface area contributed by atoms with Gasteiger partial charge in [-0.1, -0.05) is 58.7 Å². The van der Waals surface area contributed by atoms with Gasteiger partial charge in [0.15, 0.2) is 6.10 Å². The number of oxime groups is 1. The Labute approximate surface area is 168 Å². The van der Waals surface area contributed by atoms with Crippen molar-refractivity contribution in [1.29, 1.82) is 0 Å². The summed E-state index contributed by atoms with van der Waals surface area (Å²) in [6.45, 7) is 0.786. The van der Waals surface area contributed by atoms with Gasteiger partial charge in [0.05, 0.1) is 12.3 Å². The molecule has 0 saturated heterocycles. The van der Waals surface area contributed by atoms with Gasteiger partial charge >= 0.3 is 0 Å². The van der Waals surface area contributed by atoms with E-state index in [4.69, 9.17) is 32.8 Å². The SMILES string of the molecule is COCC(=O)N(Cc1ccccc1Cl)C[C@@H]1CC(c2ccc(Cl)cc2)=NO1. The molecule has 7 heteroatoms. The first-order valence-electron chi connectivity index (χ1n) is 8.55. The van der Waals surface area contributed by atoms with E-state index in [1.807, 2.05) is 48.5 Å². The number of amides is 1. The van der Waals surface area contributed by atoms with Crippen LogP contribution in [0.4, 0.5) is 0 Å². The lowest BCUT2D eigenvalue weighted by Crippen LogP contribution is -2.39. The minimum atomic E-state index is -0.223. The van der Waals surface area contributed by atoms with Crippen LogP contribution < -0.4 is 0 Å². The van der Waals surface area contributed by atoms with Crippen molar-refractivity contribution in [1.82, 2.24) is 4.90 Å². The number of methoxy groups -OCH3 is 1. The number of halogens is 2. The summed E-state index contributed by atoms with van der Waals surface area (Å²) in [6.07, 6.45) is 0.389. The molecular weight excluding hydrogens is 387 g/mol. The average molecular weight is 407 g/mol. The highest BCUT2D eigenvalue weighted by Gasteiger charge is 2.27. The molecule has 0 radical (unpaired) electrons. The monoisotopic (exact) mass is 406 g/mol. The van der Waals surface area contributed by atoms with Gasteiger partial charge in [0.25, 0.3) is 0 Å². The number of ether oxygens (including phenoxy) is 1. The number of nitrogens with zero attached hydrogens (tertiary/aromatic N) is 2. The maximum atomic E-state index is 12.5. The molecule has 0 aliphatic carbocycles. The summed E-state index contributed by atoms with van der Waals surface area (Å²) in [7, 11) is 1.50. The van der Waals surface area contributed by atoms with Crippen molar-refractivity contribution in [2.24, 2.45) is 5.16 Å². The molecule has 27 heavy (non-hydrogen) atoms. The maximum absolute atomic E-state index is 12.5. The summed E-state index contributed by atoms with van der Waals surface area (Å²) in [5, 5.41) is 5.47. The highest BCUT2D eigenvalue weighted by atomic mass is 35.5. The molecule has 3 rings (SSSR count). The summed E-state index contributed by atoms with van der Waals surface area (Å²) >= 11 is 12.2. The Kier molecular flexibility index (Phi) is 6.72. The predicted molar refractivity (Wildman–Crippen MR) is 106 cm³/mol. The molecule has 0 fully saturated rings. The summed E-state index contributed by atoms with van der Waals surface area (Å²) in [5.41, 5.74) is 2.68.